The van der Waals surface area contributed by atoms with E-state index >= 15 is 0 Å². The van der Waals surface area contributed by atoms with Crippen molar-refractivity contribution < 1.29 is 0 Å². The number of benzene rings is 1. The van der Waals surface area contributed by atoms with Crippen molar-refractivity contribution in [1.29, 1.82) is 0 Å². The summed E-state index contributed by atoms with van der Waals surface area (Å²) in [5.74, 6) is 1.92. The van der Waals surface area contributed by atoms with E-state index in [4.69, 9.17) is 0 Å². The summed E-state index contributed by atoms with van der Waals surface area (Å²) in [6.07, 6.45) is 3.18. The van der Waals surface area contributed by atoms with Crippen molar-refractivity contribution in [2.75, 3.05) is 18.0 Å². The number of piperazine rings is 1. The highest BCUT2D eigenvalue weighted by Crippen LogP contribution is 2.35. The second kappa shape index (κ2) is 5.63. The molecule has 1 aromatic carbocycles. The number of hydrogen-bond donors (Lipinski definition) is 0. The average molecular weight is 359 g/mol. The van der Waals surface area contributed by atoms with Crippen molar-refractivity contribution in [3.8, 4) is 0 Å². The third kappa shape index (κ3) is 2.63. The molecule has 1 aromatic heterocycles. The second-order valence-electron chi connectivity index (χ2n) is 6.21. The number of anilines is 1. The van der Waals surface area contributed by atoms with Gasteiger partial charge < -0.3 is 4.90 Å². The summed E-state index contributed by atoms with van der Waals surface area (Å²) in [7, 11) is 0. The van der Waals surface area contributed by atoms with E-state index in [2.05, 4.69) is 60.0 Å². The van der Waals surface area contributed by atoms with Crippen LogP contribution in [-0.4, -0.2) is 40.0 Å². The quantitative estimate of drug-likeness (QED) is 0.844. The maximum Gasteiger partial charge on any atom is 0.132 e. The van der Waals surface area contributed by atoms with E-state index in [0.717, 1.165) is 35.7 Å². The summed E-state index contributed by atoms with van der Waals surface area (Å²) in [5.41, 5.74) is 1.39. The van der Waals surface area contributed by atoms with E-state index in [1.54, 1.807) is 0 Å². The molecule has 4 heterocycles. The number of aryl methyl sites for hydroxylation is 1. The standard InChI is InChI=1S/C17H19BrN4/c1-12-19-7-6-17(20-12)21-10-15-8-16(11-21)22(15)9-13-2-4-14(18)5-3-13/h2-7,15-16H,8-11H2,1H3. The molecule has 5 rings (SSSR count). The maximum absolute atomic E-state index is 4.56. The van der Waals surface area contributed by atoms with Crippen LogP contribution in [0.15, 0.2) is 41.0 Å². The first-order chi connectivity index (χ1) is 10.7. The van der Waals surface area contributed by atoms with E-state index in [1.165, 1.54) is 12.0 Å². The van der Waals surface area contributed by atoms with Crippen LogP contribution in [0.1, 0.15) is 17.8 Å². The van der Waals surface area contributed by atoms with Crippen LogP contribution in [0.2, 0.25) is 0 Å². The van der Waals surface area contributed by atoms with Crippen molar-refractivity contribution in [2.45, 2.75) is 32.0 Å². The van der Waals surface area contributed by atoms with Gasteiger partial charge in [0.25, 0.3) is 0 Å². The molecular weight excluding hydrogens is 340 g/mol. The number of hydrogen-bond acceptors (Lipinski definition) is 4. The van der Waals surface area contributed by atoms with E-state index in [0.29, 0.717) is 12.1 Å². The molecule has 0 amide bonds. The molecule has 3 fully saturated rings. The fourth-order valence-corrected chi connectivity index (χ4v) is 3.82. The summed E-state index contributed by atoms with van der Waals surface area (Å²) >= 11 is 3.50. The normalized spacial score (nSPS) is 24.2. The molecule has 2 unspecified atom stereocenters. The first kappa shape index (κ1) is 14.2. The molecule has 3 aliphatic heterocycles. The predicted octanol–water partition coefficient (Wildman–Crippen LogP) is 3.01. The van der Waals surface area contributed by atoms with Gasteiger partial charge >= 0.3 is 0 Å². The third-order valence-corrected chi connectivity index (χ3v) is 5.24. The molecule has 5 heteroatoms. The minimum absolute atomic E-state index is 0.651. The van der Waals surface area contributed by atoms with Gasteiger partial charge in [0.2, 0.25) is 0 Å². The molecule has 114 valence electrons. The molecule has 0 radical (unpaired) electrons. The van der Waals surface area contributed by atoms with Crippen LogP contribution in [0.25, 0.3) is 0 Å². The van der Waals surface area contributed by atoms with Gasteiger partial charge in [-0.25, -0.2) is 9.97 Å². The maximum atomic E-state index is 4.56. The lowest BCUT2D eigenvalue weighted by molar-refractivity contribution is -0.00870. The van der Waals surface area contributed by atoms with Gasteiger partial charge in [-0.1, -0.05) is 28.1 Å². The van der Waals surface area contributed by atoms with E-state index in [9.17, 15) is 0 Å². The summed E-state index contributed by atoms with van der Waals surface area (Å²) < 4.78 is 1.14. The van der Waals surface area contributed by atoms with Gasteiger partial charge in [-0.3, -0.25) is 4.90 Å². The first-order valence-corrected chi connectivity index (χ1v) is 8.53. The molecule has 0 N–H and O–H groups in total. The number of nitrogens with zero attached hydrogens (tertiary/aromatic N) is 4. The van der Waals surface area contributed by atoms with Crippen LogP contribution in [0.5, 0.6) is 0 Å². The van der Waals surface area contributed by atoms with Gasteiger partial charge in [-0.15, -0.1) is 0 Å². The molecule has 2 atom stereocenters. The van der Waals surface area contributed by atoms with Crippen molar-refractivity contribution in [3.63, 3.8) is 0 Å². The number of aromatic nitrogens is 2. The zero-order chi connectivity index (χ0) is 15.1. The largest absolute Gasteiger partial charge is 0.353 e. The second-order valence-corrected chi connectivity index (χ2v) is 7.12. The first-order valence-electron chi connectivity index (χ1n) is 7.74. The lowest BCUT2D eigenvalue weighted by atomic mass is 9.87. The van der Waals surface area contributed by atoms with Crippen LogP contribution in [0.4, 0.5) is 5.82 Å². The zero-order valence-corrected chi connectivity index (χ0v) is 14.2. The SMILES string of the molecule is Cc1nccc(N2CC3CC(C2)N3Cc2ccc(Br)cc2)n1. The Hall–Kier alpha value is -1.46. The van der Waals surface area contributed by atoms with Gasteiger partial charge in [-0.05, 0) is 37.1 Å². The molecule has 3 saturated heterocycles. The molecule has 2 bridgehead atoms. The Morgan fingerprint density at radius 1 is 1.14 bits per heavy atom. The van der Waals surface area contributed by atoms with Crippen LogP contribution < -0.4 is 4.90 Å². The average Bonchev–Trinajstić information content (AvgIpc) is 2.54. The molecule has 22 heavy (non-hydrogen) atoms. The van der Waals surface area contributed by atoms with Crippen molar-refractivity contribution in [2.24, 2.45) is 0 Å². The lowest BCUT2D eigenvalue weighted by Crippen LogP contribution is -2.68. The van der Waals surface area contributed by atoms with Gasteiger partial charge in [-0.2, -0.15) is 0 Å². The Labute approximate surface area is 139 Å². The lowest BCUT2D eigenvalue weighted by Gasteiger charge is -2.56. The summed E-state index contributed by atoms with van der Waals surface area (Å²) in [6, 6.07) is 12.0. The Bertz CT molecular complexity index is 661. The van der Waals surface area contributed by atoms with Gasteiger partial charge in [0, 0.05) is 42.4 Å². The third-order valence-electron chi connectivity index (χ3n) is 4.71. The molecule has 3 aliphatic rings. The summed E-state index contributed by atoms with van der Waals surface area (Å²) in [4.78, 5) is 13.8. The predicted molar refractivity (Wildman–Crippen MR) is 90.9 cm³/mol. The fraction of sp³-hybridized carbons (Fsp3) is 0.412. The number of piperidine rings is 1. The molecule has 0 saturated carbocycles. The highest BCUT2D eigenvalue weighted by atomic mass is 79.9. The van der Waals surface area contributed by atoms with E-state index in [1.807, 2.05) is 19.2 Å². The highest BCUT2D eigenvalue weighted by Gasteiger charge is 2.44. The smallest absolute Gasteiger partial charge is 0.132 e. The van der Waals surface area contributed by atoms with E-state index in [-0.39, 0.29) is 0 Å². The minimum Gasteiger partial charge on any atom is -0.353 e. The molecule has 2 aromatic rings. The molecular formula is C17H19BrN4. The van der Waals surface area contributed by atoms with Crippen molar-refractivity contribution >= 4 is 21.7 Å². The minimum atomic E-state index is 0.651. The number of fused-ring (bicyclic) bond motifs is 2. The Balaban J connectivity index is 1.43. The summed E-state index contributed by atoms with van der Waals surface area (Å²) in [5, 5.41) is 0. The zero-order valence-electron chi connectivity index (χ0n) is 12.6. The topological polar surface area (TPSA) is 32.3 Å². The number of rotatable bonds is 3. The molecule has 4 nitrogen and oxygen atoms in total. The Morgan fingerprint density at radius 3 is 2.55 bits per heavy atom. The van der Waals surface area contributed by atoms with Crippen LogP contribution in [0, 0.1) is 6.92 Å². The van der Waals surface area contributed by atoms with Crippen LogP contribution in [-0.2, 0) is 6.54 Å². The fourth-order valence-electron chi connectivity index (χ4n) is 3.55. The van der Waals surface area contributed by atoms with Gasteiger partial charge in [0.15, 0.2) is 0 Å². The van der Waals surface area contributed by atoms with Crippen molar-refractivity contribution in [3.05, 3.63) is 52.4 Å². The Kier molecular flexibility index (Phi) is 3.62. The van der Waals surface area contributed by atoms with Crippen LogP contribution >= 0.6 is 15.9 Å². The molecule has 0 spiro atoms. The Morgan fingerprint density at radius 2 is 1.86 bits per heavy atom. The van der Waals surface area contributed by atoms with Gasteiger partial charge in [0.05, 0.1) is 0 Å². The summed E-state index contributed by atoms with van der Waals surface area (Å²) in [6.45, 7) is 5.15. The molecule has 0 aliphatic carbocycles. The number of halogens is 1. The van der Waals surface area contributed by atoms with E-state index < -0.39 is 0 Å². The van der Waals surface area contributed by atoms with Gasteiger partial charge in [0.1, 0.15) is 11.6 Å². The highest BCUT2D eigenvalue weighted by molar-refractivity contribution is 9.10. The monoisotopic (exact) mass is 358 g/mol. The van der Waals surface area contributed by atoms with Crippen LogP contribution in [0.3, 0.4) is 0 Å². The van der Waals surface area contributed by atoms with Crippen molar-refractivity contribution in [1.82, 2.24) is 14.9 Å².